The van der Waals surface area contributed by atoms with E-state index in [0.29, 0.717) is 0 Å². The van der Waals surface area contributed by atoms with Crippen molar-refractivity contribution >= 4 is 11.6 Å². The lowest BCUT2D eigenvalue weighted by Crippen LogP contribution is -2.25. The van der Waals surface area contributed by atoms with Crippen molar-refractivity contribution in [1.82, 2.24) is 0 Å². The van der Waals surface area contributed by atoms with Crippen molar-refractivity contribution in [2.45, 2.75) is 44.8 Å². The monoisotopic (exact) mass is 299 g/mol. The molecule has 1 aliphatic rings. The number of carbonyl (C=O) groups is 1. The number of hydrogen-bond acceptors (Lipinski definition) is 3. The van der Waals surface area contributed by atoms with Crippen LogP contribution in [0.4, 0.5) is 14.5 Å². The van der Waals surface area contributed by atoms with Gasteiger partial charge in [0.2, 0.25) is 5.91 Å². The third-order valence-corrected chi connectivity index (χ3v) is 3.38. The van der Waals surface area contributed by atoms with Crippen molar-refractivity contribution in [1.29, 1.82) is 0 Å². The van der Waals surface area contributed by atoms with E-state index >= 15 is 0 Å². The van der Waals surface area contributed by atoms with Crippen molar-refractivity contribution in [2.75, 3.05) is 11.9 Å². The zero-order chi connectivity index (χ0) is 15.1. The second kappa shape index (κ2) is 7.93. The highest BCUT2D eigenvalue weighted by molar-refractivity contribution is 5.93. The Labute approximate surface area is 122 Å². The number of hydrogen-bond donors (Lipinski definition) is 1. The van der Waals surface area contributed by atoms with E-state index in [1.54, 1.807) is 12.1 Å². The Kier molecular flexibility index (Phi) is 5.92. The first-order chi connectivity index (χ1) is 10.1. The first kappa shape index (κ1) is 15.7. The highest BCUT2D eigenvalue weighted by Crippen LogP contribution is 2.25. The Morgan fingerprint density at radius 2 is 1.95 bits per heavy atom. The summed E-state index contributed by atoms with van der Waals surface area (Å²) in [7, 11) is 0. The van der Waals surface area contributed by atoms with Crippen molar-refractivity contribution in [3.63, 3.8) is 0 Å². The summed E-state index contributed by atoms with van der Waals surface area (Å²) in [6.07, 6.45) is 5.52. The van der Waals surface area contributed by atoms with Crippen molar-refractivity contribution < 1.29 is 23.0 Å². The molecule has 2 rings (SSSR count). The van der Waals surface area contributed by atoms with Crippen LogP contribution in [0.2, 0.25) is 0 Å². The van der Waals surface area contributed by atoms with Gasteiger partial charge in [0, 0.05) is 0 Å². The Bertz CT molecular complexity index is 462. The van der Waals surface area contributed by atoms with E-state index in [9.17, 15) is 13.6 Å². The van der Waals surface area contributed by atoms with Crippen LogP contribution in [-0.4, -0.2) is 25.2 Å². The largest absolute Gasteiger partial charge is 0.433 e. The van der Waals surface area contributed by atoms with Crippen LogP contribution in [0.3, 0.4) is 0 Å². The first-order valence-electron chi connectivity index (χ1n) is 7.10. The zero-order valence-corrected chi connectivity index (χ0v) is 11.7. The number of anilines is 1. The molecule has 1 aliphatic carbocycles. The van der Waals surface area contributed by atoms with Gasteiger partial charge in [-0.1, -0.05) is 31.4 Å². The molecule has 4 nitrogen and oxygen atoms in total. The molecule has 0 radical (unpaired) electrons. The molecule has 1 fully saturated rings. The number of amides is 1. The summed E-state index contributed by atoms with van der Waals surface area (Å²) in [6, 6.07) is 6.09. The number of para-hydroxylation sites is 2. The summed E-state index contributed by atoms with van der Waals surface area (Å²) in [5.74, 6) is -0.426. The molecule has 0 bridgehead atoms. The summed E-state index contributed by atoms with van der Waals surface area (Å²) in [4.78, 5) is 11.8. The van der Waals surface area contributed by atoms with E-state index < -0.39 is 6.61 Å². The SMILES string of the molecule is O=C(COC1CCCCC1)Nc1ccccc1OC(F)F. The molecular weight excluding hydrogens is 280 g/mol. The number of nitrogens with one attached hydrogen (secondary N) is 1. The van der Waals surface area contributed by atoms with Gasteiger partial charge in [-0.2, -0.15) is 8.78 Å². The van der Waals surface area contributed by atoms with Gasteiger partial charge in [0.1, 0.15) is 12.4 Å². The molecule has 0 heterocycles. The molecule has 0 saturated heterocycles. The highest BCUT2D eigenvalue weighted by atomic mass is 19.3. The van der Waals surface area contributed by atoms with Crippen molar-refractivity contribution in [3.05, 3.63) is 24.3 Å². The summed E-state index contributed by atoms with van der Waals surface area (Å²) in [6.45, 7) is -3.00. The number of ether oxygens (including phenoxy) is 2. The van der Waals surface area contributed by atoms with Crippen LogP contribution in [-0.2, 0) is 9.53 Å². The third-order valence-electron chi connectivity index (χ3n) is 3.38. The zero-order valence-electron chi connectivity index (χ0n) is 11.7. The lowest BCUT2D eigenvalue weighted by molar-refractivity contribution is -0.123. The van der Waals surface area contributed by atoms with E-state index in [4.69, 9.17) is 4.74 Å². The van der Waals surface area contributed by atoms with Gasteiger partial charge in [0.05, 0.1) is 11.8 Å². The van der Waals surface area contributed by atoms with Gasteiger partial charge in [0.15, 0.2) is 0 Å². The molecule has 6 heteroatoms. The second-order valence-corrected chi connectivity index (χ2v) is 4.99. The van der Waals surface area contributed by atoms with Gasteiger partial charge in [-0.25, -0.2) is 0 Å². The molecule has 0 unspecified atom stereocenters. The topological polar surface area (TPSA) is 47.6 Å². The lowest BCUT2D eigenvalue weighted by atomic mass is 9.98. The Morgan fingerprint density at radius 1 is 1.24 bits per heavy atom. The maximum atomic E-state index is 12.3. The predicted octanol–water partition coefficient (Wildman–Crippen LogP) is 3.58. The predicted molar refractivity (Wildman–Crippen MR) is 74.5 cm³/mol. The third kappa shape index (κ3) is 5.30. The Morgan fingerprint density at radius 3 is 2.67 bits per heavy atom. The molecule has 0 aromatic heterocycles. The normalized spacial score (nSPS) is 16.0. The Balaban J connectivity index is 1.84. The van der Waals surface area contributed by atoms with E-state index in [1.807, 2.05) is 0 Å². The maximum absolute atomic E-state index is 12.3. The fourth-order valence-electron chi connectivity index (χ4n) is 2.38. The number of alkyl halides is 2. The smallest absolute Gasteiger partial charge is 0.387 e. The van der Waals surface area contributed by atoms with Crippen LogP contribution in [0.15, 0.2) is 24.3 Å². The van der Waals surface area contributed by atoms with Gasteiger partial charge < -0.3 is 14.8 Å². The standard InChI is InChI=1S/C15H19F2NO3/c16-15(17)21-13-9-5-4-8-12(13)18-14(19)10-20-11-6-2-1-3-7-11/h4-5,8-9,11,15H,1-3,6-7,10H2,(H,18,19). The Hall–Kier alpha value is -1.69. The van der Waals surface area contributed by atoms with E-state index in [1.165, 1.54) is 18.6 Å². The fraction of sp³-hybridized carbons (Fsp3) is 0.533. The van der Waals surface area contributed by atoms with Crippen LogP contribution in [0.5, 0.6) is 5.75 Å². The second-order valence-electron chi connectivity index (χ2n) is 4.99. The van der Waals surface area contributed by atoms with Gasteiger partial charge in [-0.15, -0.1) is 0 Å². The molecule has 0 spiro atoms. The molecule has 1 amide bonds. The van der Waals surface area contributed by atoms with Crippen LogP contribution in [0.25, 0.3) is 0 Å². The minimum absolute atomic E-state index is 0.0569. The molecule has 1 N–H and O–H groups in total. The van der Waals surface area contributed by atoms with Crippen LogP contribution >= 0.6 is 0 Å². The van der Waals surface area contributed by atoms with Gasteiger partial charge in [-0.3, -0.25) is 4.79 Å². The maximum Gasteiger partial charge on any atom is 0.387 e. The molecule has 1 aromatic rings. The van der Waals surface area contributed by atoms with Crippen LogP contribution < -0.4 is 10.1 Å². The lowest BCUT2D eigenvalue weighted by Gasteiger charge is -2.21. The van der Waals surface area contributed by atoms with Gasteiger partial charge in [-0.05, 0) is 25.0 Å². The minimum Gasteiger partial charge on any atom is -0.433 e. The van der Waals surface area contributed by atoms with Crippen LogP contribution in [0, 0.1) is 0 Å². The highest BCUT2D eigenvalue weighted by Gasteiger charge is 2.16. The minimum atomic E-state index is -2.93. The summed E-state index contributed by atoms with van der Waals surface area (Å²) in [5.41, 5.74) is 0.218. The van der Waals surface area contributed by atoms with Crippen molar-refractivity contribution in [2.24, 2.45) is 0 Å². The molecule has 116 valence electrons. The van der Waals surface area contributed by atoms with Crippen LogP contribution in [0.1, 0.15) is 32.1 Å². The van der Waals surface area contributed by atoms with E-state index in [0.717, 1.165) is 25.7 Å². The molecule has 1 saturated carbocycles. The van der Waals surface area contributed by atoms with E-state index in [2.05, 4.69) is 10.1 Å². The van der Waals surface area contributed by atoms with E-state index in [-0.39, 0.29) is 30.1 Å². The number of carbonyl (C=O) groups excluding carboxylic acids is 1. The average Bonchev–Trinajstić information content (AvgIpc) is 2.48. The number of rotatable bonds is 6. The van der Waals surface area contributed by atoms with Gasteiger partial charge in [0.25, 0.3) is 0 Å². The molecule has 0 atom stereocenters. The summed E-state index contributed by atoms with van der Waals surface area (Å²) >= 11 is 0. The summed E-state index contributed by atoms with van der Waals surface area (Å²) in [5, 5.41) is 2.53. The van der Waals surface area contributed by atoms with Crippen molar-refractivity contribution in [3.8, 4) is 5.75 Å². The first-order valence-corrected chi connectivity index (χ1v) is 7.10. The molecule has 0 aliphatic heterocycles. The molecular formula is C15H19F2NO3. The fourth-order valence-corrected chi connectivity index (χ4v) is 2.38. The van der Waals surface area contributed by atoms with Gasteiger partial charge >= 0.3 is 6.61 Å². The quantitative estimate of drug-likeness (QED) is 0.873. The average molecular weight is 299 g/mol. The number of halogens is 2. The summed E-state index contributed by atoms with van der Waals surface area (Å²) < 4.78 is 34.4. The molecule has 21 heavy (non-hydrogen) atoms. The number of benzene rings is 1. The molecule has 1 aromatic carbocycles.